The highest BCUT2D eigenvalue weighted by atomic mass is 32.2. The van der Waals surface area contributed by atoms with Crippen molar-refractivity contribution in [2.45, 2.75) is 17.5 Å². The standard InChI is InChI=1S/C33H28N4O4S/c38-33(35-27-15-13-25(14-16-27)32-37-31(22-41-32)24-8-2-1-3-9-24)36-28-17-19-29(20-18-28)42(39,40)34-21-26-11-6-10-23-7-4-5-12-30(23)26/h1-20,31,34H,21-22H2,(H2,35,36,38). The molecule has 5 aromatic rings. The number of carbonyl (C=O) groups is 1. The molecule has 2 amide bonds. The molecule has 3 N–H and O–H groups in total. The van der Waals surface area contributed by atoms with Gasteiger partial charge in [0.25, 0.3) is 0 Å². The molecular formula is C33H28N4O4S. The van der Waals surface area contributed by atoms with Crippen LogP contribution >= 0.6 is 0 Å². The molecule has 1 aliphatic rings. The number of rotatable bonds is 8. The maximum absolute atomic E-state index is 12.9. The summed E-state index contributed by atoms with van der Waals surface area (Å²) < 4.78 is 34.3. The summed E-state index contributed by atoms with van der Waals surface area (Å²) in [6.45, 7) is 0.653. The van der Waals surface area contributed by atoms with Crippen LogP contribution in [0.5, 0.6) is 0 Å². The van der Waals surface area contributed by atoms with E-state index in [1.165, 1.54) is 12.1 Å². The van der Waals surface area contributed by atoms with Crippen LogP contribution in [-0.2, 0) is 21.3 Å². The summed E-state index contributed by atoms with van der Waals surface area (Å²) in [5.41, 5.74) is 3.86. The number of hydrogen-bond acceptors (Lipinski definition) is 5. The van der Waals surface area contributed by atoms with Crippen LogP contribution in [0, 0.1) is 0 Å². The molecule has 0 spiro atoms. The number of sulfonamides is 1. The molecule has 0 saturated heterocycles. The van der Waals surface area contributed by atoms with Gasteiger partial charge in [-0.25, -0.2) is 22.9 Å². The van der Waals surface area contributed by atoms with E-state index in [4.69, 9.17) is 4.74 Å². The normalized spacial score (nSPS) is 14.7. The monoisotopic (exact) mass is 576 g/mol. The van der Waals surface area contributed by atoms with Crippen LogP contribution in [0.2, 0.25) is 0 Å². The first-order valence-corrected chi connectivity index (χ1v) is 14.9. The summed E-state index contributed by atoms with van der Waals surface area (Å²) in [5.74, 6) is 0.571. The quantitative estimate of drug-likeness (QED) is 0.196. The molecule has 0 bridgehead atoms. The van der Waals surface area contributed by atoms with Crippen LogP contribution < -0.4 is 15.4 Å². The van der Waals surface area contributed by atoms with Crippen molar-refractivity contribution in [3.63, 3.8) is 0 Å². The zero-order valence-electron chi connectivity index (χ0n) is 22.5. The summed E-state index contributed by atoms with van der Waals surface area (Å²) in [6, 6.07) is 36.4. The average Bonchev–Trinajstić information content (AvgIpc) is 3.52. The number of amides is 2. The highest BCUT2D eigenvalue weighted by Gasteiger charge is 2.21. The Morgan fingerprint density at radius 2 is 1.40 bits per heavy atom. The molecule has 1 aliphatic heterocycles. The van der Waals surface area contributed by atoms with E-state index in [1.54, 1.807) is 24.3 Å². The molecule has 210 valence electrons. The Morgan fingerprint density at radius 3 is 2.14 bits per heavy atom. The van der Waals surface area contributed by atoms with Crippen molar-refractivity contribution in [2.24, 2.45) is 4.99 Å². The Bertz CT molecular complexity index is 1850. The van der Waals surface area contributed by atoms with Crippen molar-refractivity contribution in [2.75, 3.05) is 17.2 Å². The van der Waals surface area contributed by atoms with Gasteiger partial charge in [-0.1, -0.05) is 72.8 Å². The van der Waals surface area contributed by atoms with Crippen LogP contribution in [0.25, 0.3) is 10.8 Å². The molecule has 1 heterocycles. The van der Waals surface area contributed by atoms with Gasteiger partial charge in [-0.2, -0.15) is 0 Å². The molecule has 0 saturated carbocycles. The SMILES string of the molecule is O=C(Nc1ccc(C2=NC(c3ccccc3)CO2)cc1)Nc1ccc(S(=O)(=O)NCc2cccc3ccccc23)cc1. The highest BCUT2D eigenvalue weighted by molar-refractivity contribution is 7.89. The fraction of sp³-hybridized carbons (Fsp3) is 0.0909. The molecular weight excluding hydrogens is 548 g/mol. The Labute approximate surface area is 244 Å². The van der Waals surface area contributed by atoms with Crippen LogP contribution in [0.3, 0.4) is 0 Å². The Hall–Kier alpha value is -4.99. The summed E-state index contributed by atoms with van der Waals surface area (Å²) in [5, 5.41) is 7.56. The van der Waals surface area contributed by atoms with E-state index in [2.05, 4.69) is 20.3 Å². The lowest BCUT2D eigenvalue weighted by atomic mass is 10.1. The van der Waals surface area contributed by atoms with Crippen LogP contribution in [0.15, 0.2) is 131 Å². The van der Waals surface area contributed by atoms with Gasteiger partial charge in [0.2, 0.25) is 15.9 Å². The molecule has 8 nitrogen and oxygen atoms in total. The summed E-state index contributed by atoms with van der Waals surface area (Å²) >= 11 is 0. The number of ether oxygens (including phenoxy) is 1. The van der Waals surface area contributed by atoms with Crippen LogP contribution in [0.1, 0.15) is 22.7 Å². The number of nitrogens with zero attached hydrogens (tertiary/aromatic N) is 1. The minimum absolute atomic E-state index is 0.0360. The summed E-state index contributed by atoms with van der Waals surface area (Å²) in [7, 11) is -3.75. The molecule has 42 heavy (non-hydrogen) atoms. The first kappa shape index (κ1) is 27.2. The minimum Gasteiger partial charge on any atom is -0.475 e. The van der Waals surface area contributed by atoms with E-state index >= 15 is 0 Å². The molecule has 5 aromatic carbocycles. The topological polar surface area (TPSA) is 109 Å². The lowest BCUT2D eigenvalue weighted by Crippen LogP contribution is -2.23. The Balaban J connectivity index is 1.04. The Morgan fingerprint density at radius 1 is 0.762 bits per heavy atom. The molecule has 1 atom stereocenters. The fourth-order valence-corrected chi connectivity index (χ4v) is 5.79. The van der Waals surface area contributed by atoms with Crippen molar-refractivity contribution in [1.29, 1.82) is 0 Å². The van der Waals surface area contributed by atoms with E-state index in [0.29, 0.717) is 23.9 Å². The van der Waals surface area contributed by atoms with Crippen molar-refractivity contribution in [3.05, 3.63) is 138 Å². The van der Waals surface area contributed by atoms with Gasteiger partial charge in [0.1, 0.15) is 12.6 Å². The average molecular weight is 577 g/mol. The molecule has 0 aliphatic carbocycles. The number of hydrogen-bond donors (Lipinski definition) is 3. The number of carbonyl (C=O) groups excluding carboxylic acids is 1. The van der Waals surface area contributed by atoms with E-state index < -0.39 is 16.1 Å². The maximum atomic E-state index is 12.9. The zero-order chi connectivity index (χ0) is 28.9. The minimum atomic E-state index is -3.75. The van der Waals surface area contributed by atoms with Gasteiger partial charge in [-0.3, -0.25) is 0 Å². The van der Waals surface area contributed by atoms with E-state index in [9.17, 15) is 13.2 Å². The number of fused-ring (bicyclic) bond motifs is 1. The second-order valence-corrected chi connectivity index (χ2v) is 11.6. The van der Waals surface area contributed by atoms with Crippen molar-refractivity contribution >= 4 is 44.1 Å². The zero-order valence-corrected chi connectivity index (χ0v) is 23.3. The first-order valence-electron chi connectivity index (χ1n) is 13.4. The van der Waals surface area contributed by atoms with Crippen molar-refractivity contribution in [1.82, 2.24) is 4.72 Å². The van der Waals surface area contributed by atoms with Gasteiger partial charge in [-0.15, -0.1) is 0 Å². The number of anilines is 2. The lowest BCUT2D eigenvalue weighted by Gasteiger charge is -2.11. The summed E-state index contributed by atoms with van der Waals surface area (Å²) in [4.78, 5) is 17.4. The van der Waals surface area contributed by atoms with Gasteiger partial charge in [0.15, 0.2) is 0 Å². The molecule has 0 fully saturated rings. The fourth-order valence-electron chi connectivity index (χ4n) is 4.79. The van der Waals surface area contributed by atoms with Crippen molar-refractivity contribution < 1.29 is 17.9 Å². The molecule has 0 radical (unpaired) electrons. The van der Waals surface area contributed by atoms with Crippen LogP contribution in [-0.4, -0.2) is 27.0 Å². The lowest BCUT2D eigenvalue weighted by molar-refractivity contribution is 0.262. The highest BCUT2D eigenvalue weighted by Crippen LogP contribution is 2.25. The van der Waals surface area contributed by atoms with Gasteiger partial charge in [0.05, 0.1) is 4.90 Å². The van der Waals surface area contributed by atoms with Gasteiger partial charge >= 0.3 is 6.03 Å². The molecule has 0 aromatic heterocycles. The second-order valence-electron chi connectivity index (χ2n) is 9.82. The largest absolute Gasteiger partial charge is 0.475 e. The molecule has 9 heteroatoms. The number of nitrogens with one attached hydrogen (secondary N) is 3. The first-order chi connectivity index (χ1) is 20.4. The second kappa shape index (κ2) is 11.9. The third-order valence-corrected chi connectivity index (χ3v) is 8.40. The number of aliphatic imine (C=N–C) groups is 1. The van der Waals surface area contributed by atoms with Crippen LogP contribution in [0.4, 0.5) is 16.2 Å². The van der Waals surface area contributed by atoms with E-state index in [-0.39, 0.29) is 17.5 Å². The Kier molecular flexibility index (Phi) is 7.68. The van der Waals surface area contributed by atoms with Gasteiger partial charge in [0, 0.05) is 23.5 Å². The predicted molar refractivity (Wildman–Crippen MR) is 165 cm³/mol. The number of benzene rings is 5. The van der Waals surface area contributed by atoms with E-state index in [0.717, 1.165) is 27.5 Å². The smallest absolute Gasteiger partial charge is 0.323 e. The third kappa shape index (κ3) is 6.17. The van der Waals surface area contributed by atoms with Gasteiger partial charge < -0.3 is 15.4 Å². The van der Waals surface area contributed by atoms with Crippen molar-refractivity contribution in [3.8, 4) is 0 Å². The predicted octanol–water partition coefficient (Wildman–Crippen LogP) is 6.48. The third-order valence-electron chi connectivity index (χ3n) is 6.98. The van der Waals surface area contributed by atoms with E-state index in [1.807, 2.05) is 84.9 Å². The molecule has 6 rings (SSSR count). The summed E-state index contributed by atoms with van der Waals surface area (Å²) in [6.07, 6.45) is 0. The maximum Gasteiger partial charge on any atom is 0.323 e. The number of urea groups is 1. The van der Waals surface area contributed by atoms with Gasteiger partial charge in [-0.05, 0) is 70.4 Å². The molecule has 1 unspecified atom stereocenters.